The minimum absolute atomic E-state index is 0.268. The molecule has 1 aromatic carbocycles. The van der Waals surface area contributed by atoms with Gasteiger partial charge in [-0.25, -0.2) is 13.6 Å². The highest BCUT2D eigenvalue weighted by molar-refractivity contribution is 5.93. The number of amides is 1. The number of unbranched alkanes of at least 4 members (excludes halogenated alkanes) is 4. The summed E-state index contributed by atoms with van der Waals surface area (Å²) in [4.78, 5) is 22.4. The lowest BCUT2D eigenvalue weighted by Gasteiger charge is -2.09. The first-order valence-corrected chi connectivity index (χ1v) is 7.53. The molecule has 0 atom stereocenters. The lowest BCUT2D eigenvalue weighted by Crippen LogP contribution is -2.19. The molecule has 0 spiro atoms. The van der Waals surface area contributed by atoms with Gasteiger partial charge in [0.15, 0.2) is 18.2 Å². The van der Waals surface area contributed by atoms with Crippen LogP contribution in [-0.2, 0) is 9.53 Å². The van der Waals surface area contributed by atoms with E-state index in [-0.39, 0.29) is 6.61 Å². The molecule has 128 valence electrons. The quantitative estimate of drug-likeness (QED) is 0.529. The van der Waals surface area contributed by atoms with E-state index in [0.717, 1.165) is 44.2 Å². The molecule has 23 heavy (non-hydrogen) atoms. The molecule has 1 rings (SSSR count). The van der Waals surface area contributed by atoms with Gasteiger partial charge in [-0.15, -0.1) is 0 Å². The molecule has 0 aliphatic heterocycles. The summed E-state index contributed by atoms with van der Waals surface area (Å²) in [6, 6.07) is 1.83. The molecule has 2 N–H and O–H groups in total. The monoisotopic (exact) mass is 329 g/mol. The zero-order valence-electron chi connectivity index (χ0n) is 13.1. The predicted molar refractivity (Wildman–Crippen MR) is 80.1 cm³/mol. The lowest BCUT2D eigenvalue weighted by molar-refractivity contribution is -0.146. The van der Waals surface area contributed by atoms with E-state index in [4.69, 9.17) is 15.2 Å². The molecular weight excluding hydrogens is 308 g/mol. The third-order valence-electron chi connectivity index (χ3n) is 3.16. The minimum atomic E-state index is -1.25. The van der Waals surface area contributed by atoms with E-state index in [9.17, 15) is 18.4 Å². The van der Waals surface area contributed by atoms with E-state index in [2.05, 4.69) is 6.92 Å². The standard InChI is InChI=1S/C16H21F2NO4/c1-2-3-4-5-6-9-22-13(20)10-23-12-8-7-11(17)14(15(12)18)16(19)21/h7-8H,2-6,9-10H2,1H3,(H2,19,21). The first-order valence-electron chi connectivity index (χ1n) is 7.53. The largest absolute Gasteiger partial charge is 0.479 e. The van der Waals surface area contributed by atoms with Crippen LogP contribution in [0.25, 0.3) is 0 Å². The molecule has 5 nitrogen and oxygen atoms in total. The highest BCUT2D eigenvalue weighted by Gasteiger charge is 2.19. The van der Waals surface area contributed by atoms with Crippen LogP contribution < -0.4 is 10.5 Å². The molecule has 0 aliphatic carbocycles. The van der Waals surface area contributed by atoms with Crippen molar-refractivity contribution in [1.29, 1.82) is 0 Å². The second-order valence-electron chi connectivity index (χ2n) is 5.02. The molecule has 7 heteroatoms. The fourth-order valence-corrected chi connectivity index (χ4v) is 1.94. The van der Waals surface area contributed by atoms with Crippen molar-refractivity contribution in [1.82, 2.24) is 0 Å². The summed E-state index contributed by atoms with van der Waals surface area (Å²) in [5, 5.41) is 0. The maximum atomic E-state index is 13.8. The molecule has 0 saturated heterocycles. The van der Waals surface area contributed by atoms with Crippen LogP contribution in [0.1, 0.15) is 49.4 Å². The number of esters is 1. The third kappa shape index (κ3) is 6.22. The zero-order valence-corrected chi connectivity index (χ0v) is 13.1. The molecule has 0 bridgehead atoms. The summed E-state index contributed by atoms with van der Waals surface area (Å²) in [6.45, 7) is 1.84. The van der Waals surface area contributed by atoms with Gasteiger partial charge in [0.2, 0.25) is 0 Å². The van der Waals surface area contributed by atoms with E-state index in [1.165, 1.54) is 0 Å². The molecule has 1 aromatic rings. The molecule has 1 amide bonds. The number of carbonyl (C=O) groups excluding carboxylic acids is 2. The Kier molecular flexibility index (Phi) is 8.01. The summed E-state index contributed by atoms with van der Waals surface area (Å²) in [5.74, 6) is -4.66. The average Bonchev–Trinajstić information content (AvgIpc) is 2.49. The third-order valence-corrected chi connectivity index (χ3v) is 3.16. The molecule has 0 fully saturated rings. The first-order chi connectivity index (χ1) is 11.0. The van der Waals surface area contributed by atoms with E-state index in [1.807, 2.05) is 0 Å². The summed E-state index contributed by atoms with van der Waals surface area (Å²) in [5.41, 5.74) is 3.99. The number of halogens is 2. The van der Waals surface area contributed by atoms with Crippen LogP contribution in [0, 0.1) is 11.6 Å². The van der Waals surface area contributed by atoms with Crippen LogP contribution in [0.3, 0.4) is 0 Å². The Morgan fingerprint density at radius 1 is 1.13 bits per heavy atom. The number of hydrogen-bond donors (Lipinski definition) is 1. The normalized spacial score (nSPS) is 10.4. The van der Waals surface area contributed by atoms with Gasteiger partial charge in [-0.1, -0.05) is 32.6 Å². The Bertz CT molecular complexity index is 549. The van der Waals surface area contributed by atoms with Crippen LogP contribution in [0.2, 0.25) is 0 Å². The Balaban J connectivity index is 2.42. The maximum absolute atomic E-state index is 13.8. The molecule has 0 aromatic heterocycles. The van der Waals surface area contributed by atoms with Gasteiger partial charge >= 0.3 is 5.97 Å². The molecule has 0 saturated carbocycles. The Morgan fingerprint density at radius 3 is 2.48 bits per heavy atom. The molecular formula is C16H21F2NO4. The van der Waals surface area contributed by atoms with Gasteiger partial charge in [-0.3, -0.25) is 4.79 Å². The van der Waals surface area contributed by atoms with Crippen molar-refractivity contribution >= 4 is 11.9 Å². The van der Waals surface area contributed by atoms with Crippen LogP contribution >= 0.6 is 0 Å². The Labute approximate surface area is 133 Å². The molecule has 0 radical (unpaired) electrons. The second-order valence-corrected chi connectivity index (χ2v) is 5.02. The number of nitrogens with two attached hydrogens (primary N) is 1. The fourth-order valence-electron chi connectivity index (χ4n) is 1.94. The number of hydrogen-bond acceptors (Lipinski definition) is 4. The topological polar surface area (TPSA) is 78.6 Å². The summed E-state index contributed by atoms with van der Waals surface area (Å²) < 4.78 is 37.0. The smallest absolute Gasteiger partial charge is 0.344 e. The Morgan fingerprint density at radius 2 is 1.83 bits per heavy atom. The lowest BCUT2D eigenvalue weighted by atomic mass is 10.1. The second kappa shape index (κ2) is 9.76. The van der Waals surface area contributed by atoms with E-state index in [1.54, 1.807) is 0 Å². The number of benzene rings is 1. The van der Waals surface area contributed by atoms with Crippen LogP contribution in [0.15, 0.2) is 12.1 Å². The molecule has 0 unspecified atom stereocenters. The number of carbonyl (C=O) groups is 2. The van der Waals surface area contributed by atoms with E-state index < -0.39 is 41.4 Å². The highest BCUT2D eigenvalue weighted by atomic mass is 19.1. The van der Waals surface area contributed by atoms with Gasteiger partial charge < -0.3 is 15.2 Å². The minimum Gasteiger partial charge on any atom is -0.479 e. The summed E-state index contributed by atoms with van der Waals surface area (Å²) >= 11 is 0. The van der Waals surface area contributed by atoms with Gasteiger partial charge in [0.1, 0.15) is 11.4 Å². The van der Waals surface area contributed by atoms with Crippen molar-refractivity contribution in [3.8, 4) is 5.75 Å². The van der Waals surface area contributed by atoms with Gasteiger partial charge in [0, 0.05) is 0 Å². The van der Waals surface area contributed by atoms with Crippen LogP contribution in [0.5, 0.6) is 5.75 Å². The fraction of sp³-hybridized carbons (Fsp3) is 0.500. The van der Waals surface area contributed by atoms with Gasteiger partial charge in [0.25, 0.3) is 5.91 Å². The van der Waals surface area contributed by atoms with Gasteiger partial charge in [-0.05, 0) is 18.6 Å². The molecule has 0 heterocycles. The van der Waals surface area contributed by atoms with Gasteiger partial charge in [-0.2, -0.15) is 0 Å². The van der Waals surface area contributed by atoms with E-state index in [0.29, 0.717) is 0 Å². The summed E-state index contributed by atoms with van der Waals surface area (Å²) in [7, 11) is 0. The number of ether oxygens (including phenoxy) is 2. The molecule has 0 aliphatic rings. The van der Waals surface area contributed by atoms with Crippen molar-refractivity contribution in [2.24, 2.45) is 5.73 Å². The Hall–Kier alpha value is -2.18. The summed E-state index contributed by atoms with van der Waals surface area (Å²) in [6.07, 6.45) is 5.08. The van der Waals surface area contributed by atoms with Crippen LogP contribution in [0.4, 0.5) is 8.78 Å². The highest BCUT2D eigenvalue weighted by Crippen LogP contribution is 2.22. The SMILES string of the molecule is CCCCCCCOC(=O)COc1ccc(F)c(C(N)=O)c1F. The average molecular weight is 329 g/mol. The van der Waals surface area contributed by atoms with E-state index >= 15 is 0 Å². The van der Waals surface area contributed by atoms with Crippen molar-refractivity contribution in [2.45, 2.75) is 39.0 Å². The van der Waals surface area contributed by atoms with Crippen molar-refractivity contribution in [3.05, 3.63) is 29.3 Å². The van der Waals surface area contributed by atoms with Gasteiger partial charge in [0.05, 0.1) is 6.61 Å². The number of primary amides is 1. The maximum Gasteiger partial charge on any atom is 0.344 e. The van der Waals surface area contributed by atoms with Crippen molar-refractivity contribution in [2.75, 3.05) is 13.2 Å². The van der Waals surface area contributed by atoms with Crippen molar-refractivity contribution in [3.63, 3.8) is 0 Å². The predicted octanol–water partition coefficient (Wildman–Crippen LogP) is 2.96. The van der Waals surface area contributed by atoms with Crippen LogP contribution in [-0.4, -0.2) is 25.1 Å². The first kappa shape index (κ1) is 18.9. The van der Waals surface area contributed by atoms with Crippen molar-refractivity contribution < 1.29 is 27.8 Å². The zero-order chi connectivity index (χ0) is 17.2. The number of rotatable bonds is 10.